The van der Waals surface area contributed by atoms with Crippen LogP contribution >= 0.6 is 0 Å². The molecular formula is C12H17F2N3O4S. The number of hydrogen-bond donors (Lipinski definition) is 1. The summed E-state index contributed by atoms with van der Waals surface area (Å²) < 4.78 is 52.4. The summed E-state index contributed by atoms with van der Waals surface area (Å²) in [5.41, 5.74) is -0.166. The summed E-state index contributed by atoms with van der Waals surface area (Å²) in [5, 5.41) is 12.6. The minimum Gasteiger partial charge on any atom is -0.481 e. The van der Waals surface area contributed by atoms with Crippen molar-refractivity contribution >= 4 is 16.0 Å². The SMILES string of the molecule is Cc1nn(C(F)F)c(C)c1S(=O)(=O)N1CCCC(C(=O)O)C1. The van der Waals surface area contributed by atoms with Crippen LogP contribution in [0.2, 0.25) is 0 Å². The maximum absolute atomic E-state index is 12.8. The van der Waals surface area contributed by atoms with Gasteiger partial charge in [-0.25, -0.2) is 13.1 Å². The second kappa shape index (κ2) is 5.92. The lowest BCUT2D eigenvalue weighted by Crippen LogP contribution is -2.42. The van der Waals surface area contributed by atoms with Gasteiger partial charge in [0.15, 0.2) is 0 Å². The molecule has 1 aromatic rings. The molecule has 0 spiro atoms. The molecule has 1 aromatic heterocycles. The molecular weight excluding hydrogens is 320 g/mol. The number of aliphatic carboxylic acids is 1. The highest BCUT2D eigenvalue weighted by Gasteiger charge is 2.36. The molecule has 0 saturated carbocycles. The Hall–Kier alpha value is -1.55. The van der Waals surface area contributed by atoms with E-state index in [1.165, 1.54) is 13.8 Å². The van der Waals surface area contributed by atoms with Gasteiger partial charge in [0.2, 0.25) is 10.0 Å². The molecule has 1 N–H and O–H groups in total. The molecule has 0 amide bonds. The van der Waals surface area contributed by atoms with Crippen molar-refractivity contribution in [3.8, 4) is 0 Å². The summed E-state index contributed by atoms with van der Waals surface area (Å²) in [4.78, 5) is 10.8. The summed E-state index contributed by atoms with van der Waals surface area (Å²) in [6.07, 6.45) is 0.812. The van der Waals surface area contributed by atoms with E-state index < -0.39 is 28.5 Å². The quantitative estimate of drug-likeness (QED) is 0.896. The Bertz CT molecular complexity index is 687. The summed E-state index contributed by atoms with van der Waals surface area (Å²) in [7, 11) is -4.05. The van der Waals surface area contributed by atoms with Crippen LogP contribution < -0.4 is 0 Å². The van der Waals surface area contributed by atoms with Crippen LogP contribution in [0, 0.1) is 19.8 Å². The van der Waals surface area contributed by atoms with Crippen LogP contribution in [0.1, 0.15) is 30.8 Å². The maximum atomic E-state index is 12.8. The third-order valence-electron chi connectivity index (χ3n) is 3.77. The van der Waals surface area contributed by atoms with Crippen LogP contribution in [-0.4, -0.2) is 46.7 Å². The Kier molecular flexibility index (Phi) is 4.52. The highest BCUT2D eigenvalue weighted by atomic mass is 32.2. The predicted octanol–water partition coefficient (Wildman–Crippen LogP) is 1.38. The first-order chi connectivity index (χ1) is 10.2. The zero-order chi connectivity index (χ0) is 16.7. The van der Waals surface area contributed by atoms with Crippen molar-refractivity contribution in [1.29, 1.82) is 0 Å². The van der Waals surface area contributed by atoms with E-state index in [0.717, 1.165) is 4.31 Å². The van der Waals surface area contributed by atoms with Crippen molar-refractivity contribution in [2.75, 3.05) is 13.1 Å². The van der Waals surface area contributed by atoms with Gasteiger partial charge in [0.1, 0.15) is 4.90 Å². The zero-order valence-corrected chi connectivity index (χ0v) is 13.0. The Labute approximate surface area is 126 Å². The minimum absolute atomic E-state index is 0.0183. The van der Waals surface area contributed by atoms with E-state index >= 15 is 0 Å². The molecule has 22 heavy (non-hydrogen) atoms. The Morgan fingerprint density at radius 2 is 2.05 bits per heavy atom. The van der Waals surface area contributed by atoms with Gasteiger partial charge in [-0.05, 0) is 26.7 Å². The molecule has 124 valence electrons. The van der Waals surface area contributed by atoms with Crippen LogP contribution in [0.15, 0.2) is 4.90 Å². The van der Waals surface area contributed by atoms with Crippen molar-refractivity contribution in [2.24, 2.45) is 5.92 Å². The van der Waals surface area contributed by atoms with Gasteiger partial charge in [-0.3, -0.25) is 4.79 Å². The van der Waals surface area contributed by atoms with Gasteiger partial charge in [0.25, 0.3) is 0 Å². The smallest absolute Gasteiger partial charge is 0.333 e. The maximum Gasteiger partial charge on any atom is 0.333 e. The first-order valence-electron chi connectivity index (χ1n) is 6.73. The summed E-state index contributed by atoms with van der Waals surface area (Å²) >= 11 is 0. The number of sulfonamides is 1. The number of nitrogens with zero attached hydrogens (tertiary/aromatic N) is 3. The number of carbonyl (C=O) groups is 1. The van der Waals surface area contributed by atoms with Gasteiger partial charge in [-0.1, -0.05) is 0 Å². The number of hydrogen-bond acceptors (Lipinski definition) is 4. The molecule has 0 aromatic carbocycles. The molecule has 7 nitrogen and oxygen atoms in total. The van der Waals surface area contributed by atoms with Crippen LogP contribution in [0.4, 0.5) is 8.78 Å². The first kappa shape index (κ1) is 16.8. The third-order valence-corrected chi connectivity index (χ3v) is 5.89. The number of rotatable bonds is 4. The van der Waals surface area contributed by atoms with Crippen molar-refractivity contribution in [2.45, 2.75) is 38.1 Å². The van der Waals surface area contributed by atoms with Crippen LogP contribution in [0.25, 0.3) is 0 Å². The average molecular weight is 337 g/mol. The molecule has 10 heteroatoms. The molecule has 1 aliphatic heterocycles. The fraction of sp³-hybridized carbons (Fsp3) is 0.667. The second-order valence-electron chi connectivity index (χ2n) is 5.26. The van der Waals surface area contributed by atoms with Gasteiger partial charge < -0.3 is 5.11 Å². The Morgan fingerprint density at radius 3 is 2.55 bits per heavy atom. The standard InChI is InChI=1S/C12H17F2N3O4S/c1-7-10(8(2)17(15-7)12(13)14)22(20,21)16-5-3-4-9(6-16)11(18)19/h9,12H,3-6H2,1-2H3,(H,18,19). The van der Waals surface area contributed by atoms with E-state index in [1.54, 1.807) is 0 Å². The normalized spacial score (nSPS) is 20.5. The summed E-state index contributed by atoms with van der Waals surface area (Å²) in [5.74, 6) is -1.84. The Balaban J connectivity index is 2.41. The van der Waals surface area contributed by atoms with E-state index in [9.17, 15) is 22.0 Å². The molecule has 2 heterocycles. The van der Waals surface area contributed by atoms with Crippen LogP contribution in [0.5, 0.6) is 0 Å². The van der Waals surface area contributed by atoms with E-state index in [4.69, 9.17) is 5.11 Å². The fourth-order valence-corrected chi connectivity index (χ4v) is 4.59. The highest BCUT2D eigenvalue weighted by Crippen LogP contribution is 2.29. The van der Waals surface area contributed by atoms with E-state index in [2.05, 4.69) is 5.10 Å². The molecule has 0 radical (unpaired) electrons. The van der Waals surface area contributed by atoms with Crippen LogP contribution in [0.3, 0.4) is 0 Å². The van der Waals surface area contributed by atoms with Crippen molar-refractivity contribution in [3.63, 3.8) is 0 Å². The number of aryl methyl sites for hydroxylation is 1. The molecule has 1 fully saturated rings. The lowest BCUT2D eigenvalue weighted by Gasteiger charge is -2.29. The molecule has 1 atom stereocenters. The van der Waals surface area contributed by atoms with Crippen molar-refractivity contribution in [1.82, 2.24) is 14.1 Å². The van der Waals surface area contributed by atoms with Crippen LogP contribution in [-0.2, 0) is 14.8 Å². The Morgan fingerprint density at radius 1 is 1.41 bits per heavy atom. The topological polar surface area (TPSA) is 92.5 Å². The van der Waals surface area contributed by atoms with Gasteiger partial charge in [0, 0.05) is 13.1 Å². The molecule has 1 unspecified atom stereocenters. The monoisotopic (exact) mass is 337 g/mol. The predicted molar refractivity (Wildman–Crippen MR) is 72.1 cm³/mol. The summed E-state index contributed by atoms with van der Waals surface area (Å²) in [6.45, 7) is -0.313. The van der Waals surface area contributed by atoms with Crippen molar-refractivity contribution < 1.29 is 27.1 Å². The number of halogens is 2. The highest BCUT2D eigenvalue weighted by molar-refractivity contribution is 7.89. The van der Waals surface area contributed by atoms with Gasteiger partial charge in [-0.15, -0.1) is 0 Å². The molecule has 1 saturated heterocycles. The number of carboxylic acids is 1. The number of alkyl halides is 2. The molecule has 0 aliphatic carbocycles. The van der Waals surface area contributed by atoms with Gasteiger partial charge in [0.05, 0.1) is 17.3 Å². The first-order valence-corrected chi connectivity index (χ1v) is 8.17. The van der Waals surface area contributed by atoms with Gasteiger partial charge >= 0.3 is 12.5 Å². The van der Waals surface area contributed by atoms with E-state index in [-0.39, 0.29) is 29.4 Å². The van der Waals surface area contributed by atoms with E-state index in [0.29, 0.717) is 17.5 Å². The number of carboxylic acid groups (broad SMARTS) is 1. The average Bonchev–Trinajstić information content (AvgIpc) is 2.74. The van der Waals surface area contributed by atoms with E-state index in [1.807, 2.05) is 0 Å². The minimum atomic E-state index is -4.05. The molecule has 1 aliphatic rings. The van der Waals surface area contributed by atoms with Crippen molar-refractivity contribution in [3.05, 3.63) is 11.4 Å². The number of piperidine rings is 1. The van der Waals surface area contributed by atoms with Gasteiger partial charge in [-0.2, -0.15) is 18.2 Å². The lowest BCUT2D eigenvalue weighted by atomic mass is 10.0. The molecule has 0 bridgehead atoms. The molecule has 2 rings (SSSR count). The fourth-order valence-electron chi connectivity index (χ4n) is 2.70. The lowest BCUT2D eigenvalue weighted by molar-refractivity contribution is -0.142. The largest absolute Gasteiger partial charge is 0.481 e. The third kappa shape index (κ3) is 2.84. The number of aromatic nitrogens is 2. The summed E-state index contributed by atoms with van der Waals surface area (Å²) in [6, 6.07) is 0. The zero-order valence-electron chi connectivity index (χ0n) is 12.2. The second-order valence-corrected chi connectivity index (χ2v) is 7.14.